The van der Waals surface area contributed by atoms with Crippen LogP contribution in [0, 0.1) is 0 Å². The van der Waals surface area contributed by atoms with Crippen LogP contribution in [0.3, 0.4) is 0 Å². The van der Waals surface area contributed by atoms with Crippen molar-refractivity contribution in [1.29, 1.82) is 0 Å². The van der Waals surface area contributed by atoms with E-state index in [0.29, 0.717) is 5.75 Å². The maximum atomic E-state index is 11.8. The van der Waals surface area contributed by atoms with Gasteiger partial charge in [0.05, 0.1) is 18.4 Å². The van der Waals surface area contributed by atoms with Crippen LogP contribution < -0.4 is 15.7 Å². The summed E-state index contributed by atoms with van der Waals surface area (Å²) in [4.78, 5) is 38.4. The molecule has 0 saturated carbocycles. The summed E-state index contributed by atoms with van der Waals surface area (Å²) in [5.74, 6) is -1.48. The second-order valence-electron chi connectivity index (χ2n) is 3.83. The van der Waals surface area contributed by atoms with Crippen LogP contribution in [0.5, 0.6) is 5.75 Å². The Morgan fingerprint density at radius 2 is 2.10 bits per heavy atom. The number of anilines is 1. The number of rotatable bonds is 4. The number of methoxy groups -OCH3 is 1. The number of hydrogen-bond acceptors (Lipinski definition) is 4. The van der Waals surface area contributed by atoms with Crippen molar-refractivity contribution >= 4 is 17.6 Å². The van der Waals surface area contributed by atoms with Crippen molar-refractivity contribution in [3.8, 4) is 5.75 Å². The molecule has 0 unspecified atom stereocenters. The molecule has 1 aromatic heterocycles. The molecule has 0 aliphatic rings. The van der Waals surface area contributed by atoms with Crippen molar-refractivity contribution < 1.29 is 19.4 Å². The Labute approximate surface area is 112 Å². The summed E-state index contributed by atoms with van der Waals surface area (Å²) >= 11 is 0. The largest absolute Gasteiger partial charge is 0.497 e. The highest BCUT2D eigenvalue weighted by Gasteiger charge is 2.15. The van der Waals surface area contributed by atoms with Gasteiger partial charge < -0.3 is 25.1 Å². The van der Waals surface area contributed by atoms with E-state index in [-0.39, 0.29) is 16.9 Å². The number of hydrogen-bond donors (Lipinski definition) is 4. The van der Waals surface area contributed by atoms with E-state index in [1.165, 1.54) is 31.5 Å². The summed E-state index contributed by atoms with van der Waals surface area (Å²) in [5, 5.41) is 11.5. The molecule has 104 valence electrons. The lowest BCUT2D eigenvalue weighted by atomic mass is 10.1. The molecule has 8 nitrogen and oxygen atoms in total. The van der Waals surface area contributed by atoms with Gasteiger partial charge in [-0.05, 0) is 18.2 Å². The molecule has 0 spiro atoms. The molecular weight excluding hydrogens is 266 g/mol. The van der Waals surface area contributed by atoms with Crippen LogP contribution in [0.4, 0.5) is 5.69 Å². The number of aromatic nitrogens is 2. The highest BCUT2D eigenvalue weighted by atomic mass is 16.5. The normalized spacial score (nSPS) is 10.1. The molecule has 8 heteroatoms. The van der Waals surface area contributed by atoms with Crippen molar-refractivity contribution in [2.45, 2.75) is 0 Å². The molecule has 2 rings (SSSR count). The molecule has 2 aromatic rings. The summed E-state index contributed by atoms with van der Waals surface area (Å²) in [6.07, 6.45) is 1.20. The number of nitrogens with one attached hydrogen (secondary N) is 3. The SMILES string of the molecule is COc1ccc(NC(=O)c2c[nH]c(=O)[nH]2)c(C(=O)O)c1. The Kier molecular flexibility index (Phi) is 3.56. The van der Waals surface area contributed by atoms with Gasteiger partial charge >= 0.3 is 11.7 Å². The molecule has 20 heavy (non-hydrogen) atoms. The molecule has 0 aliphatic carbocycles. The monoisotopic (exact) mass is 277 g/mol. The molecule has 0 bridgehead atoms. The van der Waals surface area contributed by atoms with Crippen LogP contribution in [0.1, 0.15) is 20.8 Å². The lowest BCUT2D eigenvalue weighted by Crippen LogP contribution is -2.16. The third kappa shape index (κ3) is 2.69. The van der Waals surface area contributed by atoms with Gasteiger partial charge in [0, 0.05) is 6.20 Å². The number of ether oxygens (including phenoxy) is 1. The zero-order valence-corrected chi connectivity index (χ0v) is 10.4. The standard InChI is InChI=1S/C12H11N3O5/c1-20-6-2-3-8(7(4-6)11(17)18)14-10(16)9-5-13-12(19)15-9/h2-5H,1H3,(H,14,16)(H,17,18)(H2,13,15,19). The van der Waals surface area contributed by atoms with Crippen LogP contribution >= 0.6 is 0 Å². The van der Waals surface area contributed by atoms with Crippen molar-refractivity contribution in [2.24, 2.45) is 0 Å². The van der Waals surface area contributed by atoms with Crippen molar-refractivity contribution in [3.63, 3.8) is 0 Å². The fourth-order valence-electron chi connectivity index (χ4n) is 1.58. The highest BCUT2D eigenvalue weighted by molar-refractivity contribution is 6.06. The molecule has 0 aliphatic heterocycles. The Balaban J connectivity index is 2.31. The van der Waals surface area contributed by atoms with Crippen LogP contribution in [0.15, 0.2) is 29.2 Å². The number of aromatic amines is 2. The first-order valence-electron chi connectivity index (χ1n) is 5.51. The maximum Gasteiger partial charge on any atom is 0.337 e. The van der Waals surface area contributed by atoms with Gasteiger partial charge in [0.2, 0.25) is 0 Å². The number of carbonyl (C=O) groups excluding carboxylic acids is 1. The quantitative estimate of drug-likeness (QED) is 0.653. The average molecular weight is 277 g/mol. The summed E-state index contributed by atoms with van der Waals surface area (Å²) in [5.41, 5.74) is -0.536. The summed E-state index contributed by atoms with van der Waals surface area (Å²) in [6.45, 7) is 0. The van der Waals surface area contributed by atoms with E-state index in [4.69, 9.17) is 9.84 Å². The van der Waals surface area contributed by atoms with E-state index in [1.807, 2.05) is 0 Å². The predicted octanol–water partition coefficient (Wildman–Crippen LogP) is 0.662. The van der Waals surface area contributed by atoms with Crippen LogP contribution in [-0.2, 0) is 0 Å². The number of carbonyl (C=O) groups is 2. The minimum absolute atomic E-state index is 0.00200. The first kappa shape index (κ1) is 13.4. The minimum atomic E-state index is -1.21. The Bertz CT molecular complexity index is 716. The second kappa shape index (κ2) is 5.31. The zero-order valence-electron chi connectivity index (χ0n) is 10.4. The molecule has 0 atom stereocenters. The lowest BCUT2D eigenvalue weighted by molar-refractivity contribution is 0.0697. The summed E-state index contributed by atoms with van der Waals surface area (Å²) < 4.78 is 4.92. The third-order valence-electron chi connectivity index (χ3n) is 2.55. The number of carboxylic acid groups (broad SMARTS) is 1. The number of imidazole rings is 1. The third-order valence-corrected chi connectivity index (χ3v) is 2.55. The number of H-pyrrole nitrogens is 2. The summed E-state index contributed by atoms with van der Waals surface area (Å²) in [7, 11) is 1.41. The van der Waals surface area contributed by atoms with Gasteiger partial charge in [-0.2, -0.15) is 0 Å². The Hall–Kier alpha value is -3.03. The fraction of sp³-hybridized carbons (Fsp3) is 0.0833. The molecule has 0 saturated heterocycles. The van der Waals surface area contributed by atoms with E-state index in [1.54, 1.807) is 0 Å². The number of carboxylic acids is 1. The van der Waals surface area contributed by atoms with Crippen LogP contribution in [-0.4, -0.2) is 34.1 Å². The van der Waals surface area contributed by atoms with E-state index in [0.717, 1.165) is 0 Å². The van der Waals surface area contributed by atoms with E-state index in [9.17, 15) is 14.4 Å². The second-order valence-corrected chi connectivity index (χ2v) is 3.83. The van der Waals surface area contributed by atoms with E-state index >= 15 is 0 Å². The number of aromatic carboxylic acids is 1. The van der Waals surface area contributed by atoms with Crippen molar-refractivity contribution in [1.82, 2.24) is 9.97 Å². The zero-order chi connectivity index (χ0) is 14.7. The van der Waals surface area contributed by atoms with Gasteiger partial charge in [-0.1, -0.05) is 0 Å². The molecule has 1 aromatic carbocycles. The minimum Gasteiger partial charge on any atom is -0.497 e. The first-order valence-corrected chi connectivity index (χ1v) is 5.51. The fourth-order valence-corrected chi connectivity index (χ4v) is 1.58. The smallest absolute Gasteiger partial charge is 0.337 e. The Morgan fingerprint density at radius 1 is 1.35 bits per heavy atom. The van der Waals surface area contributed by atoms with E-state index < -0.39 is 17.6 Å². The molecule has 0 fully saturated rings. The highest BCUT2D eigenvalue weighted by Crippen LogP contribution is 2.22. The van der Waals surface area contributed by atoms with Crippen LogP contribution in [0.25, 0.3) is 0 Å². The average Bonchev–Trinajstić information content (AvgIpc) is 2.85. The van der Waals surface area contributed by atoms with Crippen molar-refractivity contribution in [3.05, 3.63) is 46.1 Å². The first-order chi connectivity index (χ1) is 9.51. The van der Waals surface area contributed by atoms with Crippen LogP contribution in [0.2, 0.25) is 0 Å². The van der Waals surface area contributed by atoms with Gasteiger partial charge in [-0.25, -0.2) is 9.59 Å². The van der Waals surface area contributed by atoms with Gasteiger partial charge in [0.15, 0.2) is 0 Å². The number of benzene rings is 1. The van der Waals surface area contributed by atoms with Gasteiger partial charge in [-0.3, -0.25) is 4.79 Å². The van der Waals surface area contributed by atoms with Gasteiger partial charge in [0.1, 0.15) is 11.4 Å². The predicted molar refractivity (Wildman–Crippen MR) is 69.3 cm³/mol. The van der Waals surface area contributed by atoms with Crippen molar-refractivity contribution in [2.75, 3.05) is 12.4 Å². The summed E-state index contributed by atoms with van der Waals surface area (Å²) in [6, 6.07) is 4.21. The number of amides is 1. The lowest BCUT2D eigenvalue weighted by Gasteiger charge is -2.09. The molecular formula is C12H11N3O5. The van der Waals surface area contributed by atoms with Gasteiger partial charge in [-0.15, -0.1) is 0 Å². The molecule has 1 heterocycles. The van der Waals surface area contributed by atoms with E-state index in [2.05, 4.69) is 15.3 Å². The maximum absolute atomic E-state index is 11.8. The molecule has 4 N–H and O–H groups in total. The Morgan fingerprint density at radius 3 is 2.65 bits per heavy atom. The topological polar surface area (TPSA) is 124 Å². The molecule has 1 amide bonds. The molecule has 0 radical (unpaired) electrons. The van der Waals surface area contributed by atoms with Gasteiger partial charge in [0.25, 0.3) is 5.91 Å².